The molecule has 0 aromatic heterocycles. The van der Waals surface area contributed by atoms with Gasteiger partial charge in [-0.1, -0.05) is 58.7 Å². The van der Waals surface area contributed by atoms with Gasteiger partial charge in [-0.2, -0.15) is 0 Å². The van der Waals surface area contributed by atoms with E-state index in [9.17, 15) is 0 Å². The van der Waals surface area contributed by atoms with E-state index in [1.807, 2.05) is 0 Å². The van der Waals surface area contributed by atoms with Crippen LogP contribution >= 0.6 is 0 Å². The summed E-state index contributed by atoms with van der Waals surface area (Å²) in [6.07, 6.45) is 1.47. The molecule has 0 unspecified atom stereocenters. The minimum absolute atomic E-state index is 0.734. The van der Waals surface area contributed by atoms with E-state index >= 15 is 0 Å². The third kappa shape index (κ3) is 3.27. The molecule has 0 amide bonds. The van der Waals surface area contributed by atoms with Crippen LogP contribution in [-0.4, -0.2) is 34.8 Å². The molecule has 0 saturated heterocycles. The predicted octanol–water partition coefficient (Wildman–Crippen LogP) is 2.85. The molecule has 0 fully saturated rings. The monoisotopic (exact) mass is 328 g/mol. The Morgan fingerprint density at radius 2 is 0.957 bits per heavy atom. The molecule has 2 rings (SSSR count). The fourth-order valence-corrected chi connectivity index (χ4v) is 9.34. The molecule has 0 aliphatic heterocycles. The third-order valence-corrected chi connectivity index (χ3v) is 9.76. The van der Waals surface area contributed by atoms with Crippen LogP contribution in [0.5, 0.6) is 0 Å². The lowest BCUT2D eigenvalue weighted by molar-refractivity contribution is 0.221. The zero-order chi connectivity index (χ0) is 17.0. The van der Waals surface area contributed by atoms with Crippen molar-refractivity contribution in [3.63, 3.8) is 0 Å². The van der Waals surface area contributed by atoms with E-state index in [1.54, 1.807) is 14.2 Å². The van der Waals surface area contributed by atoms with Crippen molar-refractivity contribution in [2.45, 2.75) is 27.7 Å². The van der Waals surface area contributed by atoms with E-state index in [4.69, 9.17) is 9.47 Å². The van der Waals surface area contributed by atoms with Crippen molar-refractivity contribution in [3.8, 4) is 0 Å². The van der Waals surface area contributed by atoms with Gasteiger partial charge in [-0.25, -0.2) is 0 Å². The Hall–Kier alpha value is -1.42. The number of aryl methyl sites for hydroxylation is 4. The third-order valence-electron chi connectivity index (χ3n) is 4.70. The summed E-state index contributed by atoms with van der Waals surface area (Å²) in [6, 6.07) is 13.1. The minimum Gasteiger partial charge on any atom is -0.387 e. The minimum atomic E-state index is -2.17. The van der Waals surface area contributed by atoms with Crippen LogP contribution < -0.4 is 10.4 Å². The highest BCUT2D eigenvalue weighted by atomic mass is 28.3. The van der Waals surface area contributed by atoms with E-state index in [-0.39, 0.29) is 0 Å². The standard InChI is InChI=1S/C20H28O2Si/c1-15-9-7-10-16(2)19(15)23(13-21-5,14-22-6)20-17(3)11-8-12-18(20)4/h7-12H,13-14H2,1-6H3. The smallest absolute Gasteiger partial charge is 0.172 e. The first kappa shape index (κ1) is 17.9. The number of hydrogen-bond donors (Lipinski definition) is 0. The quantitative estimate of drug-likeness (QED) is 0.759. The van der Waals surface area contributed by atoms with Gasteiger partial charge in [0.1, 0.15) is 0 Å². The fourth-order valence-electron chi connectivity index (χ4n) is 4.09. The van der Waals surface area contributed by atoms with E-state index in [0.29, 0.717) is 0 Å². The fraction of sp³-hybridized carbons (Fsp3) is 0.400. The predicted molar refractivity (Wildman–Crippen MR) is 101 cm³/mol. The van der Waals surface area contributed by atoms with Gasteiger partial charge in [-0.3, -0.25) is 0 Å². The van der Waals surface area contributed by atoms with E-state index in [0.717, 1.165) is 12.5 Å². The second kappa shape index (κ2) is 7.43. The van der Waals surface area contributed by atoms with Crippen LogP contribution in [0, 0.1) is 27.7 Å². The second-order valence-electron chi connectivity index (χ2n) is 6.48. The highest BCUT2D eigenvalue weighted by Crippen LogP contribution is 2.17. The molecule has 0 N–H and O–H groups in total. The van der Waals surface area contributed by atoms with Gasteiger partial charge in [0.2, 0.25) is 0 Å². The average Bonchev–Trinajstić information content (AvgIpc) is 2.47. The average molecular weight is 329 g/mol. The van der Waals surface area contributed by atoms with Crippen LogP contribution in [0.15, 0.2) is 36.4 Å². The Morgan fingerprint density at radius 3 is 1.22 bits per heavy atom. The number of rotatable bonds is 6. The Labute approximate surface area is 141 Å². The lowest BCUT2D eigenvalue weighted by Crippen LogP contribution is -2.68. The van der Waals surface area contributed by atoms with Crippen LogP contribution in [0.3, 0.4) is 0 Å². The maximum Gasteiger partial charge on any atom is 0.172 e. The molecule has 2 aromatic carbocycles. The van der Waals surface area contributed by atoms with Gasteiger partial charge in [0.15, 0.2) is 8.07 Å². The second-order valence-corrected chi connectivity index (χ2v) is 10.2. The summed E-state index contributed by atoms with van der Waals surface area (Å²) >= 11 is 0. The summed E-state index contributed by atoms with van der Waals surface area (Å²) in [6.45, 7) is 8.85. The van der Waals surface area contributed by atoms with Crippen molar-refractivity contribution in [1.82, 2.24) is 0 Å². The molecular weight excluding hydrogens is 300 g/mol. The topological polar surface area (TPSA) is 18.5 Å². The highest BCUT2D eigenvalue weighted by molar-refractivity contribution is 7.03. The molecule has 0 saturated carbocycles. The van der Waals surface area contributed by atoms with Crippen LogP contribution in [0.2, 0.25) is 0 Å². The maximum absolute atomic E-state index is 5.77. The SMILES string of the molecule is COC[Si](COC)(c1c(C)cccc1C)c1c(C)cccc1C. The zero-order valence-corrected chi connectivity index (χ0v) is 16.2. The summed E-state index contributed by atoms with van der Waals surface area (Å²) in [7, 11) is 1.44. The Bertz CT molecular complexity index is 579. The van der Waals surface area contributed by atoms with E-state index < -0.39 is 8.07 Å². The van der Waals surface area contributed by atoms with Crippen molar-refractivity contribution in [2.24, 2.45) is 0 Å². The van der Waals surface area contributed by atoms with E-state index in [2.05, 4.69) is 64.1 Å². The van der Waals surface area contributed by atoms with Crippen LogP contribution in [0.1, 0.15) is 22.3 Å². The summed E-state index contributed by atoms with van der Waals surface area (Å²) in [5.41, 5.74) is 5.36. The van der Waals surface area contributed by atoms with Crippen molar-refractivity contribution >= 4 is 18.4 Å². The molecule has 23 heavy (non-hydrogen) atoms. The van der Waals surface area contributed by atoms with Gasteiger partial charge in [0, 0.05) is 14.2 Å². The van der Waals surface area contributed by atoms with Gasteiger partial charge < -0.3 is 9.47 Å². The van der Waals surface area contributed by atoms with E-state index in [1.165, 1.54) is 32.6 Å². The molecule has 2 aromatic rings. The van der Waals surface area contributed by atoms with Gasteiger partial charge in [-0.15, -0.1) is 0 Å². The molecule has 0 aliphatic carbocycles. The number of hydrogen-bond acceptors (Lipinski definition) is 2. The van der Waals surface area contributed by atoms with Crippen LogP contribution in [0.4, 0.5) is 0 Å². The maximum atomic E-state index is 5.77. The number of benzene rings is 2. The highest BCUT2D eigenvalue weighted by Gasteiger charge is 2.42. The van der Waals surface area contributed by atoms with Gasteiger partial charge in [0.25, 0.3) is 0 Å². The first-order valence-corrected chi connectivity index (χ1v) is 10.5. The Balaban J connectivity index is 2.85. The molecular formula is C20H28O2Si. The summed E-state index contributed by atoms with van der Waals surface area (Å²) < 4.78 is 11.5. The first-order valence-electron chi connectivity index (χ1n) is 8.09. The number of methoxy groups -OCH3 is 2. The Morgan fingerprint density at radius 1 is 0.652 bits per heavy atom. The van der Waals surface area contributed by atoms with Crippen molar-refractivity contribution in [1.29, 1.82) is 0 Å². The molecule has 0 bridgehead atoms. The lowest BCUT2D eigenvalue weighted by Gasteiger charge is -2.36. The molecule has 0 atom stereocenters. The van der Waals surface area contributed by atoms with Crippen LogP contribution in [0.25, 0.3) is 0 Å². The number of ether oxygens (including phenoxy) is 2. The van der Waals surface area contributed by atoms with Crippen molar-refractivity contribution in [2.75, 3.05) is 26.7 Å². The summed E-state index contributed by atoms with van der Waals surface area (Å²) in [4.78, 5) is 0. The molecule has 0 radical (unpaired) electrons. The molecule has 3 heteroatoms. The van der Waals surface area contributed by atoms with Crippen LogP contribution in [-0.2, 0) is 9.47 Å². The van der Waals surface area contributed by atoms with Gasteiger partial charge in [-0.05, 0) is 38.1 Å². The molecule has 0 heterocycles. The molecule has 0 aliphatic rings. The molecule has 0 spiro atoms. The normalized spacial score (nSPS) is 11.7. The van der Waals surface area contributed by atoms with Crippen molar-refractivity contribution < 1.29 is 9.47 Å². The summed E-state index contributed by atoms with van der Waals surface area (Å²) in [5, 5.41) is 2.92. The van der Waals surface area contributed by atoms with Crippen molar-refractivity contribution in [3.05, 3.63) is 58.7 Å². The first-order chi connectivity index (χ1) is 11.0. The van der Waals surface area contributed by atoms with Gasteiger partial charge in [0.05, 0.1) is 12.5 Å². The zero-order valence-electron chi connectivity index (χ0n) is 15.2. The largest absolute Gasteiger partial charge is 0.387 e. The summed E-state index contributed by atoms with van der Waals surface area (Å²) in [5.74, 6) is 0. The Kier molecular flexibility index (Phi) is 5.79. The van der Waals surface area contributed by atoms with Gasteiger partial charge >= 0.3 is 0 Å². The molecule has 2 nitrogen and oxygen atoms in total. The molecule has 124 valence electrons. The lowest BCUT2D eigenvalue weighted by atomic mass is 10.1.